The highest BCUT2D eigenvalue weighted by molar-refractivity contribution is 6.32. The molecule has 0 N–H and O–H groups in total. The SMILES string of the molecule is O=C(OCC1CCCCC1)c1cc(Cl)nc(Cl)c1. The minimum atomic E-state index is -0.383. The Labute approximate surface area is 116 Å². The zero-order valence-electron chi connectivity index (χ0n) is 9.99. The third-order valence-corrected chi connectivity index (χ3v) is 3.56. The van der Waals surface area contributed by atoms with Crippen molar-refractivity contribution in [3.05, 3.63) is 28.0 Å². The minimum Gasteiger partial charge on any atom is -0.462 e. The van der Waals surface area contributed by atoms with Gasteiger partial charge in [-0.1, -0.05) is 42.5 Å². The lowest BCUT2D eigenvalue weighted by Crippen LogP contribution is -2.16. The quantitative estimate of drug-likeness (QED) is 0.620. The van der Waals surface area contributed by atoms with Gasteiger partial charge < -0.3 is 4.74 Å². The molecule has 2 rings (SSSR count). The van der Waals surface area contributed by atoms with Gasteiger partial charge in [-0.3, -0.25) is 0 Å². The molecule has 0 bridgehead atoms. The smallest absolute Gasteiger partial charge is 0.338 e. The Bertz CT molecular complexity index is 411. The fraction of sp³-hybridized carbons (Fsp3) is 0.538. The number of rotatable bonds is 3. The van der Waals surface area contributed by atoms with Crippen molar-refractivity contribution >= 4 is 29.2 Å². The molecule has 1 aliphatic carbocycles. The number of hydrogen-bond acceptors (Lipinski definition) is 3. The Kier molecular flexibility index (Phi) is 4.84. The number of pyridine rings is 1. The molecule has 0 aromatic carbocycles. The van der Waals surface area contributed by atoms with Crippen molar-refractivity contribution in [2.75, 3.05) is 6.61 Å². The maximum absolute atomic E-state index is 11.8. The van der Waals surface area contributed by atoms with Crippen molar-refractivity contribution in [3.8, 4) is 0 Å². The van der Waals surface area contributed by atoms with Crippen LogP contribution in [0.1, 0.15) is 42.5 Å². The highest BCUT2D eigenvalue weighted by Gasteiger charge is 2.17. The van der Waals surface area contributed by atoms with E-state index in [4.69, 9.17) is 27.9 Å². The summed E-state index contributed by atoms with van der Waals surface area (Å²) in [7, 11) is 0. The second-order valence-electron chi connectivity index (χ2n) is 4.60. The Balaban J connectivity index is 1.90. The van der Waals surface area contributed by atoms with Gasteiger partial charge in [0.25, 0.3) is 0 Å². The normalized spacial score (nSPS) is 16.6. The van der Waals surface area contributed by atoms with E-state index in [0.29, 0.717) is 18.1 Å². The lowest BCUT2D eigenvalue weighted by Gasteiger charge is -2.21. The number of esters is 1. The average molecular weight is 288 g/mol. The molecule has 1 heterocycles. The summed E-state index contributed by atoms with van der Waals surface area (Å²) < 4.78 is 5.29. The van der Waals surface area contributed by atoms with E-state index >= 15 is 0 Å². The summed E-state index contributed by atoms with van der Waals surface area (Å²) in [6, 6.07) is 2.94. The monoisotopic (exact) mass is 287 g/mol. The molecule has 0 unspecified atom stereocenters. The molecule has 1 fully saturated rings. The molecule has 0 amide bonds. The van der Waals surface area contributed by atoms with E-state index in [0.717, 1.165) is 12.8 Å². The number of nitrogens with zero attached hydrogens (tertiary/aromatic N) is 1. The van der Waals surface area contributed by atoms with Gasteiger partial charge in [-0.15, -0.1) is 0 Å². The molecule has 1 aliphatic rings. The van der Waals surface area contributed by atoms with Crippen LogP contribution in [0.15, 0.2) is 12.1 Å². The molecule has 1 aromatic heterocycles. The predicted molar refractivity (Wildman–Crippen MR) is 71.1 cm³/mol. The summed E-state index contributed by atoms with van der Waals surface area (Å²) in [5.74, 6) is 0.113. The first kappa shape index (κ1) is 13.6. The van der Waals surface area contributed by atoms with Crippen LogP contribution in [0.3, 0.4) is 0 Å². The predicted octanol–water partition coefficient (Wildman–Crippen LogP) is 4.13. The highest BCUT2D eigenvalue weighted by Crippen LogP contribution is 2.24. The largest absolute Gasteiger partial charge is 0.462 e. The molecule has 1 aromatic rings. The van der Waals surface area contributed by atoms with E-state index in [1.54, 1.807) is 0 Å². The molecule has 0 radical (unpaired) electrons. The lowest BCUT2D eigenvalue weighted by atomic mass is 9.90. The first-order valence-electron chi connectivity index (χ1n) is 6.15. The number of aromatic nitrogens is 1. The van der Waals surface area contributed by atoms with E-state index in [1.807, 2.05) is 0 Å². The molecule has 1 saturated carbocycles. The van der Waals surface area contributed by atoms with E-state index in [9.17, 15) is 4.79 Å². The molecule has 98 valence electrons. The summed E-state index contributed by atoms with van der Waals surface area (Å²) in [6.07, 6.45) is 6.04. The first-order chi connectivity index (χ1) is 8.65. The van der Waals surface area contributed by atoms with Gasteiger partial charge in [-0.25, -0.2) is 9.78 Å². The van der Waals surface area contributed by atoms with Crippen LogP contribution in [0.2, 0.25) is 10.3 Å². The number of halogens is 2. The third kappa shape index (κ3) is 3.85. The van der Waals surface area contributed by atoms with E-state index in [1.165, 1.54) is 31.4 Å². The van der Waals surface area contributed by atoms with Crippen molar-refractivity contribution < 1.29 is 9.53 Å². The van der Waals surface area contributed by atoms with Gasteiger partial charge in [0.2, 0.25) is 0 Å². The van der Waals surface area contributed by atoms with Gasteiger partial charge in [0, 0.05) is 0 Å². The molecule has 0 spiro atoms. The molecule has 3 nitrogen and oxygen atoms in total. The molecule has 0 aliphatic heterocycles. The second-order valence-corrected chi connectivity index (χ2v) is 5.38. The maximum Gasteiger partial charge on any atom is 0.338 e. The molecular weight excluding hydrogens is 273 g/mol. The summed E-state index contributed by atoms with van der Waals surface area (Å²) in [4.78, 5) is 15.6. The Hall–Kier alpha value is -0.800. The van der Waals surface area contributed by atoms with Gasteiger partial charge in [0.05, 0.1) is 12.2 Å². The Morgan fingerprint density at radius 1 is 1.22 bits per heavy atom. The van der Waals surface area contributed by atoms with E-state index < -0.39 is 0 Å². The topological polar surface area (TPSA) is 39.2 Å². The Morgan fingerprint density at radius 2 is 1.83 bits per heavy atom. The van der Waals surface area contributed by atoms with Gasteiger partial charge in [0.1, 0.15) is 10.3 Å². The highest BCUT2D eigenvalue weighted by atomic mass is 35.5. The van der Waals surface area contributed by atoms with Crippen LogP contribution in [0.4, 0.5) is 0 Å². The van der Waals surface area contributed by atoms with Gasteiger partial charge >= 0.3 is 5.97 Å². The van der Waals surface area contributed by atoms with Crippen LogP contribution in [-0.2, 0) is 4.74 Å². The maximum atomic E-state index is 11.8. The van der Waals surface area contributed by atoms with Crippen molar-refractivity contribution in [3.63, 3.8) is 0 Å². The number of carbonyl (C=O) groups is 1. The van der Waals surface area contributed by atoms with Crippen LogP contribution < -0.4 is 0 Å². The van der Waals surface area contributed by atoms with Crippen molar-refractivity contribution in [1.29, 1.82) is 0 Å². The Morgan fingerprint density at radius 3 is 2.44 bits per heavy atom. The molecular formula is C13H15Cl2NO2. The minimum absolute atomic E-state index is 0.201. The summed E-state index contributed by atoms with van der Waals surface area (Å²) in [5, 5.41) is 0.402. The lowest BCUT2D eigenvalue weighted by molar-refractivity contribution is 0.0410. The van der Waals surface area contributed by atoms with Crippen LogP contribution in [0.5, 0.6) is 0 Å². The fourth-order valence-electron chi connectivity index (χ4n) is 2.21. The zero-order valence-corrected chi connectivity index (χ0v) is 11.5. The molecule has 18 heavy (non-hydrogen) atoms. The van der Waals surface area contributed by atoms with Crippen molar-refractivity contribution in [2.24, 2.45) is 5.92 Å². The molecule has 0 saturated heterocycles. The van der Waals surface area contributed by atoms with Crippen LogP contribution in [-0.4, -0.2) is 17.6 Å². The van der Waals surface area contributed by atoms with Crippen molar-refractivity contribution in [1.82, 2.24) is 4.98 Å². The summed E-state index contributed by atoms with van der Waals surface area (Å²) in [6.45, 7) is 0.483. The van der Waals surface area contributed by atoms with Crippen LogP contribution in [0, 0.1) is 5.92 Å². The van der Waals surface area contributed by atoms with Crippen LogP contribution >= 0.6 is 23.2 Å². The average Bonchev–Trinajstić information content (AvgIpc) is 2.36. The van der Waals surface area contributed by atoms with Gasteiger partial charge in [-0.2, -0.15) is 0 Å². The van der Waals surface area contributed by atoms with Crippen molar-refractivity contribution in [2.45, 2.75) is 32.1 Å². The summed E-state index contributed by atoms with van der Waals surface area (Å²) >= 11 is 11.5. The van der Waals surface area contributed by atoms with E-state index in [2.05, 4.69) is 4.98 Å². The van der Waals surface area contributed by atoms with E-state index in [-0.39, 0.29) is 16.3 Å². The number of carbonyl (C=O) groups excluding carboxylic acids is 1. The first-order valence-corrected chi connectivity index (χ1v) is 6.91. The molecule has 5 heteroatoms. The number of ether oxygens (including phenoxy) is 1. The second kappa shape index (κ2) is 6.39. The molecule has 0 atom stereocenters. The third-order valence-electron chi connectivity index (χ3n) is 3.17. The summed E-state index contributed by atoms with van der Waals surface area (Å²) in [5.41, 5.74) is 0.357. The van der Waals surface area contributed by atoms with Gasteiger partial charge in [0.15, 0.2) is 0 Å². The number of hydrogen-bond donors (Lipinski definition) is 0. The van der Waals surface area contributed by atoms with Crippen LogP contribution in [0.25, 0.3) is 0 Å². The standard InChI is InChI=1S/C13H15Cl2NO2/c14-11-6-10(7-12(15)16-11)13(17)18-8-9-4-2-1-3-5-9/h6-7,9H,1-5,8H2. The fourth-order valence-corrected chi connectivity index (χ4v) is 2.67. The zero-order chi connectivity index (χ0) is 13.0. The van der Waals surface area contributed by atoms with Gasteiger partial charge in [-0.05, 0) is 30.9 Å².